The molecule has 0 saturated carbocycles. The molecule has 3 aliphatic heterocycles. The van der Waals surface area contributed by atoms with Crippen molar-refractivity contribution in [3.8, 4) is 5.75 Å². The van der Waals surface area contributed by atoms with Crippen LogP contribution in [0.1, 0.15) is 146 Å². The summed E-state index contributed by atoms with van der Waals surface area (Å²) in [6.45, 7) is 12.7. The molecule has 1 N–H and O–H groups in total. The van der Waals surface area contributed by atoms with E-state index in [0.717, 1.165) is 71.8 Å². The number of aliphatic hydroxyl groups is 1. The number of rotatable bonds is 19. The van der Waals surface area contributed by atoms with Gasteiger partial charge < -0.3 is 28.8 Å². The molecule has 2 amide bonds. The number of esters is 2. The van der Waals surface area contributed by atoms with Gasteiger partial charge in [-0.1, -0.05) is 83.9 Å². The average molecular weight is 1000 g/mol. The second-order valence-corrected chi connectivity index (χ2v) is 21.0. The van der Waals surface area contributed by atoms with Crippen LogP contribution < -0.4 is 4.74 Å². The first-order chi connectivity index (χ1) is 33.8. The molecule has 2 fully saturated rings. The maximum Gasteiger partial charge on any atom is 0.508 e. The van der Waals surface area contributed by atoms with Gasteiger partial charge in [-0.15, -0.1) is 17.9 Å². The van der Waals surface area contributed by atoms with Crippen molar-refractivity contribution < 1.29 is 62.5 Å². The zero-order chi connectivity index (χ0) is 51.5. The number of hydrogen-bond donors (Lipinski definition) is 1. The van der Waals surface area contributed by atoms with E-state index >= 15 is 0 Å². The summed E-state index contributed by atoms with van der Waals surface area (Å²) in [4.78, 5) is 94.9. The van der Waals surface area contributed by atoms with Crippen LogP contribution in [-0.4, -0.2) is 86.1 Å². The number of nitrogens with zero attached hydrogens (tertiary/aromatic N) is 3. The van der Waals surface area contributed by atoms with Crippen molar-refractivity contribution in [2.45, 2.75) is 168 Å². The predicted molar refractivity (Wildman–Crippen MR) is 263 cm³/mol. The second kappa shape index (κ2) is 24.5. The van der Waals surface area contributed by atoms with Crippen molar-refractivity contribution in [2.75, 3.05) is 6.54 Å². The molecular weight excluding hydrogens is 935 g/mol. The van der Waals surface area contributed by atoms with Crippen molar-refractivity contribution in [3.63, 3.8) is 0 Å². The molecule has 3 aromatic rings. The highest BCUT2D eigenvalue weighted by Crippen LogP contribution is 2.47. The Hall–Kier alpha value is -5.85. The Balaban J connectivity index is 1.03. The lowest BCUT2D eigenvalue weighted by Crippen LogP contribution is -2.47. The number of ketones is 1. The molecular formula is C53H67N3O14S. The lowest BCUT2D eigenvalue weighted by Gasteiger charge is -2.37. The van der Waals surface area contributed by atoms with Crippen molar-refractivity contribution in [1.29, 1.82) is 0 Å². The molecule has 2 aromatic carbocycles. The number of hydrogen-bond acceptors (Lipinski definition) is 16. The Bertz CT molecular complexity index is 2470. The van der Waals surface area contributed by atoms with E-state index in [4.69, 9.17) is 23.7 Å². The van der Waals surface area contributed by atoms with Crippen molar-refractivity contribution >= 4 is 62.9 Å². The number of aromatic nitrogens is 1. The third-order valence-corrected chi connectivity index (χ3v) is 14.9. The normalized spacial score (nSPS) is 24.8. The summed E-state index contributed by atoms with van der Waals surface area (Å²) < 4.78 is 30.1. The van der Waals surface area contributed by atoms with Crippen LogP contribution in [0.2, 0.25) is 0 Å². The molecule has 0 unspecified atom stereocenters. The molecule has 17 nitrogen and oxygen atoms in total. The summed E-state index contributed by atoms with van der Waals surface area (Å²) in [6, 6.07) is 9.64. The minimum Gasteiger partial charge on any atom is -0.457 e. The number of aliphatic hydroxyl groups excluding tert-OH is 1. The van der Waals surface area contributed by atoms with Crippen molar-refractivity contribution in [1.82, 2.24) is 9.88 Å². The monoisotopic (exact) mass is 1000 g/mol. The smallest absolute Gasteiger partial charge is 0.457 e. The van der Waals surface area contributed by atoms with E-state index in [1.165, 1.54) is 35.3 Å². The van der Waals surface area contributed by atoms with Crippen LogP contribution in [0, 0.1) is 34.3 Å². The first kappa shape index (κ1) is 54.5. The number of ether oxygens (including phenoxy) is 5. The van der Waals surface area contributed by atoms with E-state index in [-0.39, 0.29) is 42.1 Å². The first-order valence-electron chi connectivity index (χ1n) is 24.7. The fourth-order valence-corrected chi connectivity index (χ4v) is 10.3. The lowest BCUT2D eigenvalue weighted by atomic mass is 9.71. The van der Waals surface area contributed by atoms with Crippen LogP contribution in [0.25, 0.3) is 10.2 Å². The quantitative estimate of drug-likeness (QED) is 0.0172. The van der Waals surface area contributed by atoms with Gasteiger partial charge in [-0.25, -0.2) is 9.78 Å². The van der Waals surface area contributed by atoms with E-state index in [1.54, 1.807) is 25.2 Å². The standard InChI is InChI=1S/C53H67N3O14S/c1-7-17-37-49(33(2)18-16-26-53(6)44(70-53)30-41(36-21-23-42-38(29-36)54-34(3)71-42)68-48(61)31-43(57)52(4,5)50(37)62)69-51(63)66-32-35-20-22-40(39(28-35)56(64)65)67-47(60)19-14-12-10-8-9-11-13-15-27-55-45(58)24-25-46(55)59/h7,20-25,28-29,33,37,41,43-44,49,57H,1,8-19,26-27,30-32H2,2-6H3/t33-,37+,41-,43-,44+,49-,53-/m0/s1. The molecule has 7 atom stereocenters. The van der Waals surface area contributed by atoms with Crippen LogP contribution in [0.5, 0.6) is 5.75 Å². The zero-order valence-corrected chi connectivity index (χ0v) is 42.2. The number of thiazole rings is 1. The molecule has 0 aliphatic carbocycles. The number of allylic oxidation sites excluding steroid dienone is 1. The van der Waals surface area contributed by atoms with Crippen LogP contribution in [0.4, 0.5) is 10.5 Å². The van der Waals surface area contributed by atoms with Gasteiger partial charge in [0.05, 0.1) is 55.7 Å². The van der Waals surface area contributed by atoms with E-state index in [0.29, 0.717) is 38.6 Å². The summed E-state index contributed by atoms with van der Waals surface area (Å²) in [5.41, 5.74) is -0.746. The molecule has 1 aromatic heterocycles. The van der Waals surface area contributed by atoms with Crippen molar-refractivity contribution in [2.24, 2.45) is 17.3 Å². The Morgan fingerprint density at radius 2 is 1.69 bits per heavy atom. The van der Waals surface area contributed by atoms with Gasteiger partial charge >= 0.3 is 23.8 Å². The SMILES string of the molecule is C=CC[C@H]1C(=O)C(C)(C)[C@@H](O)CC(=O)O[C@H](c2ccc3sc(C)nc3c2)C[C@H]2O[C@@]2(C)CCC[C@H](C)[C@@H]1OC(=O)OCc1ccc(OC(=O)CCCCCCCCCCN2C(=O)C=CC2=O)c([N+](=O)[O-])c1. The number of epoxide rings is 1. The Morgan fingerprint density at radius 1 is 1.00 bits per heavy atom. The molecule has 6 rings (SSSR count). The van der Waals surface area contributed by atoms with Gasteiger partial charge in [0.15, 0.2) is 0 Å². The van der Waals surface area contributed by atoms with E-state index in [1.807, 2.05) is 39.0 Å². The van der Waals surface area contributed by atoms with Gasteiger partial charge in [-0.2, -0.15) is 0 Å². The molecule has 18 heteroatoms. The number of carbonyl (C=O) groups excluding carboxylic acids is 6. The van der Waals surface area contributed by atoms with Crippen LogP contribution >= 0.6 is 11.3 Å². The van der Waals surface area contributed by atoms with E-state index < -0.39 is 88.7 Å². The minimum atomic E-state index is -1.51. The summed E-state index contributed by atoms with van der Waals surface area (Å²) in [5.74, 6) is -3.95. The number of aryl methyl sites for hydroxylation is 1. The number of imide groups is 1. The summed E-state index contributed by atoms with van der Waals surface area (Å²) in [5, 5.41) is 24.6. The molecule has 0 radical (unpaired) electrons. The number of cyclic esters (lactones) is 1. The molecule has 384 valence electrons. The number of unbranched alkanes of at least 4 members (excludes halogenated alkanes) is 7. The number of amides is 2. The van der Waals surface area contributed by atoms with Crippen LogP contribution in [-0.2, 0) is 49.5 Å². The van der Waals surface area contributed by atoms with Gasteiger partial charge in [0.1, 0.15) is 24.6 Å². The number of carbonyl (C=O) groups is 6. The van der Waals surface area contributed by atoms with Gasteiger partial charge in [0.25, 0.3) is 11.8 Å². The number of Topliss-reactive ketones (excluding diaryl/α,β-unsaturated/α-hetero) is 1. The topological polar surface area (TPSA) is 231 Å². The fourth-order valence-electron chi connectivity index (χ4n) is 9.48. The highest BCUT2D eigenvalue weighted by atomic mass is 32.1. The predicted octanol–water partition coefficient (Wildman–Crippen LogP) is 10.1. The number of nitro groups is 1. The number of fused-ring (bicyclic) bond motifs is 2. The lowest BCUT2D eigenvalue weighted by molar-refractivity contribution is -0.385. The van der Waals surface area contributed by atoms with Gasteiger partial charge in [0, 0.05) is 37.6 Å². The zero-order valence-electron chi connectivity index (χ0n) is 41.4. The summed E-state index contributed by atoms with van der Waals surface area (Å²) >= 11 is 1.57. The Morgan fingerprint density at radius 3 is 2.38 bits per heavy atom. The average Bonchev–Trinajstić information content (AvgIpc) is 3.60. The maximum absolute atomic E-state index is 14.6. The number of benzene rings is 2. The molecule has 71 heavy (non-hydrogen) atoms. The maximum atomic E-state index is 14.6. The highest BCUT2D eigenvalue weighted by molar-refractivity contribution is 7.18. The van der Waals surface area contributed by atoms with Gasteiger partial charge in [-0.05, 0) is 81.2 Å². The van der Waals surface area contributed by atoms with Gasteiger partial charge in [-0.3, -0.25) is 39.0 Å². The van der Waals surface area contributed by atoms with E-state index in [9.17, 15) is 44.0 Å². The molecule has 3 aliphatic rings. The number of nitro benzene ring substituents is 1. The minimum absolute atomic E-state index is 0.0667. The van der Waals surface area contributed by atoms with Gasteiger partial charge in [0.2, 0.25) is 5.75 Å². The molecule has 0 spiro atoms. The van der Waals surface area contributed by atoms with E-state index in [2.05, 4.69) is 11.6 Å². The van der Waals surface area contributed by atoms with Crippen LogP contribution in [0.3, 0.4) is 0 Å². The Labute approximate surface area is 418 Å². The summed E-state index contributed by atoms with van der Waals surface area (Å²) in [7, 11) is 0. The second-order valence-electron chi connectivity index (χ2n) is 19.8. The third kappa shape index (κ3) is 14.6. The third-order valence-electron chi connectivity index (χ3n) is 13.9. The fraction of sp³-hybridized carbons (Fsp3) is 0.566. The molecule has 2 saturated heterocycles. The highest BCUT2D eigenvalue weighted by Gasteiger charge is 2.53. The molecule has 4 heterocycles. The molecule has 0 bridgehead atoms. The Kier molecular flexibility index (Phi) is 18.8. The van der Waals surface area contributed by atoms with Crippen LogP contribution in [0.15, 0.2) is 61.2 Å². The first-order valence-corrected chi connectivity index (χ1v) is 25.5. The summed E-state index contributed by atoms with van der Waals surface area (Å²) in [6.07, 6.45) is 8.12. The largest absolute Gasteiger partial charge is 0.508 e. The van der Waals surface area contributed by atoms with Crippen molar-refractivity contribution in [3.05, 3.63) is 87.5 Å².